The topological polar surface area (TPSA) is 161 Å². The molecule has 4 heterocycles. The van der Waals surface area contributed by atoms with Gasteiger partial charge in [-0.3, -0.25) is 19.3 Å². The molecule has 2 aromatic heterocycles. The van der Waals surface area contributed by atoms with Gasteiger partial charge in [0.15, 0.2) is 0 Å². The van der Waals surface area contributed by atoms with E-state index >= 15 is 0 Å². The zero-order chi connectivity index (χ0) is 26.7. The molecule has 2 atom stereocenters. The number of nitrogens with one attached hydrogen (secondary N) is 3. The second kappa shape index (κ2) is 9.43. The largest absolute Gasteiger partial charge is 0.477 e. The summed E-state index contributed by atoms with van der Waals surface area (Å²) in [5.74, 6) is -2.72. The Labute approximate surface area is 226 Å². The number of H-pyrrole nitrogens is 2. The van der Waals surface area contributed by atoms with E-state index in [4.69, 9.17) is 11.6 Å². The van der Waals surface area contributed by atoms with Gasteiger partial charge < -0.3 is 15.4 Å². The molecule has 2 aliphatic heterocycles. The average Bonchev–Trinajstić information content (AvgIpc) is 3.59. The van der Waals surface area contributed by atoms with E-state index in [0.29, 0.717) is 33.2 Å². The van der Waals surface area contributed by atoms with E-state index in [0.717, 1.165) is 23.8 Å². The van der Waals surface area contributed by atoms with Crippen molar-refractivity contribution in [2.75, 3.05) is 11.5 Å². The number of pyridine rings is 1. The zero-order valence-electron chi connectivity index (χ0n) is 19.3. The summed E-state index contributed by atoms with van der Waals surface area (Å²) in [6.45, 7) is 0. The second-order valence-electron chi connectivity index (χ2n) is 9.03. The Morgan fingerprint density at radius 3 is 2.82 bits per heavy atom. The normalized spacial score (nSPS) is 20.9. The maximum atomic E-state index is 14.5. The van der Waals surface area contributed by atoms with Crippen molar-refractivity contribution in [3.05, 3.63) is 61.9 Å². The summed E-state index contributed by atoms with van der Waals surface area (Å²) in [7, 11) is 0. The summed E-state index contributed by atoms with van der Waals surface area (Å²) in [5, 5.41) is 22.4. The first-order valence-corrected chi connectivity index (χ1v) is 13.9. The van der Waals surface area contributed by atoms with Gasteiger partial charge in [0.25, 0.3) is 11.8 Å². The molecule has 1 saturated carbocycles. The van der Waals surface area contributed by atoms with Gasteiger partial charge in [0.05, 0.1) is 16.7 Å². The van der Waals surface area contributed by atoms with E-state index in [1.165, 1.54) is 35.9 Å². The number of nitrogens with zero attached hydrogens (tertiary/aromatic N) is 3. The molecule has 1 aromatic carbocycles. The number of aromatic amines is 2. The number of hydrogen-bond acceptors (Lipinski definition) is 8. The van der Waals surface area contributed by atoms with Crippen LogP contribution in [0.1, 0.15) is 34.7 Å². The highest BCUT2D eigenvalue weighted by Crippen LogP contribution is 2.46. The number of aliphatic carboxylic acids is 1. The first-order valence-electron chi connectivity index (χ1n) is 11.5. The predicted octanol–water partition coefficient (Wildman–Crippen LogP) is 2.46. The molecule has 0 bridgehead atoms. The molecule has 3 aromatic rings. The Hall–Kier alpha value is -3.36. The van der Waals surface area contributed by atoms with Crippen LogP contribution in [0.3, 0.4) is 0 Å². The lowest BCUT2D eigenvalue weighted by molar-refractivity contribution is -0.148. The van der Waals surface area contributed by atoms with Crippen LogP contribution in [0.15, 0.2) is 39.6 Å². The fourth-order valence-corrected chi connectivity index (χ4v) is 7.27. The van der Waals surface area contributed by atoms with E-state index in [2.05, 4.69) is 25.7 Å². The number of β-lactam (4-membered cyclic amide) rings is 1. The number of halogens is 2. The smallest absolute Gasteiger partial charge is 0.352 e. The number of carbonyl (C=O) groups excluding carboxylic acids is 2. The Morgan fingerprint density at radius 1 is 1.34 bits per heavy atom. The highest BCUT2D eigenvalue weighted by Gasteiger charge is 2.54. The van der Waals surface area contributed by atoms with Gasteiger partial charge in [-0.15, -0.1) is 16.9 Å². The van der Waals surface area contributed by atoms with Crippen molar-refractivity contribution >= 4 is 63.8 Å². The summed E-state index contributed by atoms with van der Waals surface area (Å²) >= 11 is 8.75. The van der Waals surface area contributed by atoms with Gasteiger partial charge in [-0.05, 0) is 30.4 Å². The molecule has 0 spiro atoms. The number of amides is 2. The number of fused-ring (bicyclic) bond motifs is 2. The lowest BCUT2D eigenvalue weighted by Crippen LogP contribution is -2.70. The number of benzene rings is 1. The van der Waals surface area contributed by atoms with Crippen LogP contribution in [-0.4, -0.2) is 71.1 Å². The molecule has 2 fully saturated rings. The van der Waals surface area contributed by atoms with Crippen molar-refractivity contribution in [1.29, 1.82) is 0 Å². The zero-order valence-corrected chi connectivity index (χ0v) is 21.7. The number of thioether (sulfide) groups is 2. The summed E-state index contributed by atoms with van der Waals surface area (Å²) in [6.07, 6.45) is 4.40. The third-order valence-electron chi connectivity index (χ3n) is 6.66. The van der Waals surface area contributed by atoms with Crippen molar-refractivity contribution in [3.63, 3.8) is 0 Å². The molecule has 38 heavy (non-hydrogen) atoms. The SMILES string of the molecule is O=C(O)C1=C(CSc2cn[nH]n2)CS[C@H]2C(NC(=O)c3c[nH]c4c(C5CC5)c(Cl)c(F)cc4c3=O)C(=O)N12. The Balaban J connectivity index is 1.23. The molecule has 11 nitrogen and oxygen atoms in total. The fourth-order valence-electron chi connectivity index (χ4n) is 4.69. The third kappa shape index (κ3) is 4.07. The molecule has 15 heteroatoms. The molecule has 4 N–H and O–H groups in total. The number of carbonyl (C=O) groups is 3. The molecule has 2 amide bonds. The predicted molar refractivity (Wildman–Crippen MR) is 138 cm³/mol. The Kier molecular flexibility index (Phi) is 6.19. The van der Waals surface area contributed by atoms with Gasteiger partial charge in [0.2, 0.25) is 5.43 Å². The highest BCUT2D eigenvalue weighted by atomic mass is 35.5. The second-order valence-corrected chi connectivity index (χ2v) is 11.5. The van der Waals surface area contributed by atoms with Crippen molar-refractivity contribution in [1.82, 2.24) is 30.6 Å². The molecular weight excluding hydrogens is 559 g/mol. The monoisotopic (exact) mass is 576 g/mol. The molecule has 1 aliphatic carbocycles. The molecular formula is C23H18ClFN6O5S2. The first-order chi connectivity index (χ1) is 18.3. The van der Waals surface area contributed by atoms with E-state index < -0.39 is 40.4 Å². The van der Waals surface area contributed by atoms with Crippen LogP contribution in [0.2, 0.25) is 5.02 Å². The van der Waals surface area contributed by atoms with E-state index in [1.54, 1.807) is 0 Å². The van der Waals surface area contributed by atoms with Gasteiger partial charge in [0, 0.05) is 28.7 Å². The van der Waals surface area contributed by atoms with E-state index in [-0.39, 0.29) is 27.6 Å². The quantitative estimate of drug-likeness (QED) is 0.244. The van der Waals surface area contributed by atoms with Crippen LogP contribution in [0.25, 0.3) is 10.9 Å². The number of carboxylic acid groups (broad SMARTS) is 1. The number of aromatic nitrogens is 4. The van der Waals surface area contributed by atoms with Crippen molar-refractivity contribution in [3.8, 4) is 0 Å². The van der Waals surface area contributed by atoms with Gasteiger partial charge in [0.1, 0.15) is 33.5 Å². The number of hydrogen-bond donors (Lipinski definition) is 4. The molecule has 6 rings (SSSR count). The van der Waals surface area contributed by atoms with Gasteiger partial charge in [-0.1, -0.05) is 23.4 Å². The molecule has 196 valence electrons. The summed E-state index contributed by atoms with van der Waals surface area (Å²) in [6, 6.07) is -0.0137. The van der Waals surface area contributed by atoms with Crippen molar-refractivity contribution in [2.24, 2.45) is 0 Å². The summed E-state index contributed by atoms with van der Waals surface area (Å²) in [4.78, 5) is 55.3. The standard InChI is InChI=1S/C23H18ClFN6O5S2/c24-15-12(25)3-10-16(14(15)8-1-2-8)26-4-11(19(10)32)20(33)28-17-21(34)31-18(23(35)36)9(7-38-22(17)31)6-37-13-5-27-30-29-13/h3-5,8,17,22H,1-2,6-7H2,(H,26,32)(H,28,33)(H,35,36)(H,27,29,30)/t17?,22-/m0/s1. The minimum atomic E-state index is -1.25. The van der Waals surface area contributed by atoms with Crippen molar-refractivity contribution in [2.45, 2.75) is 35.2 Å². The minimum absolute atomic E-state index is 0.000375. The maximum Gasteiger partial charge on any atom is 0.352 e. The minimum Gasteiger partial charge on any atom is -0.477 e. The first kappa shape index (κ1) is 24.9. The molecule has 0 radical (unpaired) electrons. The Morgan fingerprint density at radius 2 is 2.13 bits per heavy atom. The molecule has 3 aliphatic rings. The number of carboxylic acids is 1. The van der Waals surface area contributed by atoms with Crippen LogP contribution in [-0.2, 0) is 9.59 Å². The van der Waals surface area contributed by atoms with Crippen LogP contribution < -0.4 is 10.7 Å². The summed E-state index contributed by atoms with van der Waals surface area (Å²) < 4.78 is 14.5. The lowest BCUT2D eigenvalue weighted by Gasteiger charge is -2.49. The van der Waals surface area contributed by atoms with Crippen molar-refractivity contribution < 1.29 is 23.9 Å². The van der Waals surface area contributed by atoms with Crippen LogP contribution in [0.5, 0.6) is 0 Å². The van der Waals surface area contributed by atoms with Crippen LogP contribution >= 0.6 is 35.1 Å². The van der Waals surface area contributed by atoms with Crippen LogP contribution in [0.4, 0.5) is 4.39 Å². The fraction of sp³-hybridized carbons (Fsp3) is 0.304. The van der Waals surface area contributed by atoms with E-state index in [9.17, 15) is 28.7 Å². The van der Waals surface area contributed by atoms with Gasteiger partial charge >= 0.3 is 5.97 Å². The number of rotatable bonds is 7. The molecule has 1 saturated heterocycles. The highest BCUT2D eigenvalue weighted by molar-refractivity contribution is 8.01. The lowest BCUT2D eigenvalue weighted by atomic mass is 10.0. The average molecular weight is 577 g/mol. The summed E-state index contributed by atoms with van der Waals surface area (Å²) in [5.41, 5.74) is 0.367. The third-order valence-corrected chi connectivity index (χ3v) is 9.37. The Bertz CT molecular complexity index is 1610. The van der Waals surface area contributed by atoms with Crippen LogP contribution in [0, 0.1) is 5.82 Å². The molecule has 1 unspecified atom stereocenters. The van der Waals surface area contributed by atoms with Gasteiger partial charge in [-0.25, -0.2) is 9.18 Å². The van der Waals surface area contributed by atoms with Gasteiger partial charge in [-0.2, -0.15) is 10.3 Å². The maximum absolute atomic E-state index is 14.5. The van der Waals surface area contributed by atoms with E-state index in [1.807, 2.05) is 0 Å².